The molecule has 14 heavy (non-hydrogen) atoms. The van der Waals surface area contributed by atoms with Gasteiger partial charge in [-0.3, -0.25) is 0 Å². The second-order valence-electron chi connectivity index (χ2n) is 4.59. The molecule has 2 N–H and O–H groups in total. The van der Waals surface area contributed by atoms with Crippen LogP contribution in [-0.2, 0) is 0 Å². The third-order valence-corrected chi connectivity index (χ3v) is 4.35. The van der Waals surface area contributed by atoms with Gasteiger partial charge in [0.25, 0.3) is 0 Å². The van der Waals surface area contributed by atoms with Crippen LogP contribution in [0.2, 0.25) is 0 Å². The van der Waals surface area contributed by atoms with Gasteiger partial charge in [0, 0.05) is 15.8 Å². The van der Waals surface area contributed by atoms with Crippen molar-refractivity contribution in [1.29, 1.82) is 0 Å². The minimum Gasteiger partial charge on any atom is -0.324 e. The fraction of sp³-hybridized carbons (Fsp3) is 0.667. The molecule has 2 atom stereocenters. The van der Waals surface area contributed by atoms with Crippen LogP contribution >= 0.6 is 11.3 Å². The van der Waals surface area contributed by atoms with Crippen LogP contribution in [0.25, 0.3) is 0 Å². The summed E-state index contributed by atoms with van der Waals surface area (Å²) in [7, 11) is 0. The van der Waals surface area contributed by atoms with E-state index in [0.29, 0.717) is 5.92 Å². The van der Waals surface area contributed by atoms with E-state index in [0.717, 1.165) is 5.92 Å². The number of hydrogen-bond acceptors (Lipinski definition) is 2. The first-order valence-corrected chi connectivity index (χ1v) is 6.23. The molecule has 2 unspecified atom stereocenters. The lowest BCUT2D eigenvalue weighted by Gasteiger charge is -2.19. The SMILES string of the molecule is Cc1cc(C(N)C(C)C2CC2)c(C)s1. The molecule has 0 saturated heterocycles. The summed E-state index contributed by atoms with van der Waals surface area (Å²) in [4.78, 5) is 2.79. The molecular formula is C12H19NS. The zero-order valence-corrected chi connectivity index (χ0v) is 10.0. The summed E-state index contributed by atoms with van der Waals surface area (Å²) in [5.41, 5.74) is 7.68. The van der Waals surface area contributed by atoms with Gasteiger partial charge >= 0.3 is 0 Å². The Bertz CT molecular complexity index is 325. The summed E-state index contributed by atoms with van der Waals surface area (Å²) in [6.45, 7) is 6.65. The molecule has 1 fully saturated rings. The van der Waals surface area contributed by atoms with Gasteiger partial charge in [-0.15, -0.1) is 11.3 Å². The molecule has 1 aromatic heterocycles. The summed E-state index contributed by atoms with van der Waals surface area (Å²) in [5.74, 6) is 1.55. The van der Waals surface area contributed by atoms with Crippen molar-refractivity contribution in [2.24, 2.45) is 17.6 Å². The smallest absolute Gasteiger partial charge is 0.0334 e. The van der Waals surface area contributed by atoms with Crippen molar-refractivity contribution in [2.75, 3.05) is 0 Å². The van der Waals surface area contributed by atoms with E-state index in [4.69, 9.17) is 5.73 Å². The largest absolute Gasteiger partial charge is 0.324 e. The van der Waals surface area contributed by atoms with Gasteiger partial charge < -0.3 is 5.73 Å². The average molecular weight is 209 g/mol. The quantitative estimate of drug-likeness (QED) is 0.811. The van der Waals surface area contributed by atoms with Crippen molar-refractivity contribution >= 4 is 11.3 Å². The molecule has 2 rings (SSSR count). The maximum atomic E-state index is 6.30. The first-order valence-electron chi connectivity index (χ1n) is 5.42. The molecule has 1 aromatic rings. The molecule has 0 radical (unpaired) electrons. The molecule has 0 amide bonds. The van der Waals surface area contributed by atoms with E-state index < -0.39 is 0 Å². The van der Waals surface area contributed by atoms with Gasteiger partial charge in [-0.25, -0.2) is 0 Å². The average Bonchev–Trinajstić information content (AvgIpc) is 2.90. The topological polar surface area (TPSA) is 26.0 Å². The molecule has 2 heteroatoms. The summed E-state index contributed by atoms with van der Waals surface area (Å²) in [6, 6.07) is 2.52. The monoisotopic (exact) mass is 209 g/mol. The number of hydrogen-bond donors (Lipinski definition) is 1. The third kappa shape index (κ3) is 1.86. The van der Waals surface area contributed by atoms with Crippen LogP contribution in [0, 0.1) is 25.7 Å². The van der Waals surface area contributed by atoms with Crippen LogP contribution in [0.15, 0.2) is 6.07 Å². The van der Waals surface area contributed by atoms with E-state index in [1.54, 1.807) is 0 Å². The van der Waals surface area contributed by atoms with Crippen molar-refractivity contribution in [2.45, 2.75) is 39.7 Å². The Hall–Kier alpha value is -0.340. The fourth-order valence-corrected chi connectivity index (χ4v) is 3.16. The van der Waals surface area contributed by atoms with Gasteiger partial charge in [0.2, 0.25) is 0 Å². The van der Waals surface area contributed by atoms with Crippen molar-refractivity contribution in [3.05, 3.63) is 21.4 Å². The van der Waals surface area contributed by atoms with E-state index >= 15 is 0 Å². The van der Waals surface area contributed by atoms with E-state index in [2.05, 4.69) is 26.8 Å². The van der Waals surface area contributed by atoms with Crippen molar-refractivity contribution in [3.63, 3.8) is 0 Å². The Balaban J connectivity index is 2.16. The molecule has 1 nitrogen and oxygen atoms in total. The summed E-state index contributed by atoms with van der Waals surface area (Å²) in [6.07, 6.45) is 2.77. The van der Waals surface area contributed by atoms with Crippen LogP contribution in [-0.4, -0.2) is 0 Å². The second kappa shape index (κ2) is 3.67. The van der Waals surface area contributed by atoms with Crippen LogP contribution in [0.5, 0.6) is 0 Å². The molecule has 1 aliphatic carbocycles. The molecule has 1 aliphatic rings. The predicted molar refractivity (Wildman–Crippen MR) is 62.6 cm³/mol. The normalized spacial score (nSPS) is 20.9. The minimum absolute atomic E-state index is 0.257. The van der Waals surface area contributed by atoms with E-state index in [9.17, 15) is 0 Å². The Kier molecular flexibility index (Phi) is 2.67. The van der Waals surface area contributed by atoms with Crippen LogP contribution in [0.4, 0.5) is 0 Å². The highest BCUT2D eigenvalue weighted by molar-refractivity contribution is 7.12. The molecule has 0 bridgehead atoms. The van der Waals surface area contributed by atoms with Gasteiger partial charge in [0.1, 0.15) is 0 Å². The Morgan fingerprint density at radius 3 is 2.50 bits per heavy atom. The number of aryl methyl sites for hydroxylation is 2. The lowest BCUT2D eigenvalue weighted by atomic mass is 9.92. The fourth-order valence-electron chi connectivity index (χ4n) is 2.18. The van der Waals surface area contributed by atoms with E-state index in [1.807, 2.05) is 11.3 Å². The molecule has 0 aliphatic heterocycles. The lowest BCUT2D eigenvalue weighted by molar-refractivity contribution is 0.417. The van der Waals surface area contributed by atoms with E-state index in [-0.39, 0.29) is 6.04 Å². The zero-order chi connectivity index (χ0) is 10.3. The van der Waals surface area contributed by atoms with Crippen molar-refractivity contribution in [1.82, 2.24) is 0 Å². The maximum absolute atomic E-state index is 6.30. The molecule has 78 valence electrons. The summed E-state index contributed by atoms with van der Waals surface area (Å²) in [5, 5.41) is 0. The molecule has 1 saturated carbocycles. The predicted octanol–water partition coefficient (Wildman–Crippen LogP) is 3.41. The number of thiophene rings is 1. The first kappa shape index (κ1) is 10.2. The minimum atomic E-state index is 0.257. The van der Waals surface area contributed by atoms with Crippen LogP contribution in [0.3, 0.4) is 0 Å². The summed E-state index contributed by atoms with van der Waals surface area (Å²) < 4.78 is 0. The standard InChI is InChI=1S/C12H19NS/c1-7-6-11(9(3)14-7)12(13)8(2)10-4-5-10/h6,8,10,12H,4-5,13H2,1-3H3. The molecule has 0 aromatic carbocycles. The Morgan fingerprint density at radius 2 is 2.07 bits per heavy atom. The van der Waals surface area contributed by atoms with Gasteiger partial charge in [-0.2, -0.15) is 0 Å². The molecule has 1 heterocycles. The van der Waals surface area contributed by atoms with E-state index in [1.165, 1.54) is 28.2 Å². The highest BCUT2D eigenvalue weighted by Gasteiger charge is 2.33. The Morgan fingerprint density at radius 1 is 1.43 bits per heavy atom. The van der Waals surface area contributed by atoms with Crippen LogP contribution in [0.1, 0.15) is 41.1 Å². The highest BCUT2D eigenvalue weighted by atomic mass is 32.1. The van der Waals surface area contributed by atoms with Gasteiger partial charge in [-0.1, -0.05) is 6.92 Å². The molecular weight excluding hydrogens is 190 g/mol. The lowest BCUT2D eigenvalue weighted by Crippen LogP contribution is -2.20. The first-order chi connectivity index (χ1) is 6.59. The van der Waals surface area contributed by atoms with Gasteiger partial charge in [0.15, 0.2) is 0 Å². The van der Waals surface area contributed by atoms with Gasteiger partial charge in [-0.05, 0) is 50.2 Å². The van der Waals surface area contributed by atoms with Gasteiger partial charge in [0.05, 0.1) is 0 Å². The summed E-state index contributed by atoms with van der Waals surface area (Å²) >= 11 is 1.87. The van der Waals surface area contributed by atoms with Crippen LogP contribution < -0.4 is 5.73 Å². The second-order valence-corrected chi connectivity index (χ2v) is 6.05. The number of rotatable bonds is 3. The highest BCUT2D eigenvalue weighted by Crippen LogP contribution is 2.43. The van der Waals surface area contributed by atoms with Crippen molar-refractivity contribution in [3.8, 4) is 0 Å². The third-order valence-electron chi connectivity index (χ3n) is 3.37. The zero-order valence-electron chi connectivity index (χ0n) is 9.21. The number of nitrogens with two attached hydrogens (primary N) is 1. The Labute approximate surface area is 90.3 Å². The maximum Gasteiger partial charge on any atom is 0.0334 e. The van der Waals surface area contributed by atoms with Crippen molar-refractivity contribution < 1.29 is 0 Å². The molecule has 0 spiro atoms.